The normalized spacial score (nSPS) is 15.4. The highest BCUT2D eigenvalue weighted by molar-refractivity contribution is 5.98. The number of nitrogens with zero attached hydrogens (tertiary/aromatic N) is 2. The fourth-order valence-electron chi connectivity index (χ4n) is 4.01. The SMILES string of the molecule is C=C(N=C(OC)c1ccc(OC(C)C)c(C#N)c1)c1cccc2c1CCC2NCCCO. The topological polar surface area (TPSA) is 86.9 Å². The van der Waals surface area contributed by atoms with Gasteiger partial charge in [-0.2, -0.15) is 5.26 Å². The molecule has 32 heavy (non-hydrogen) atoms. The van der Waals surface area contributed by atoms with Gasteiger partial charge in [-0.1, -0.05) is 24.8 Å². The fourth-order valence-corrected chi connectivity index (χ4v) is 4.01. The Balaban J connectivity index is 1.87. The van der Waals surface area contributed by atoms with Crippen LogP contribution in [0.3, 0.4) is 0 Å². The molecule has 0 bridgehead atoms. The molecule has 0 spiro atoms. The Bertz CT molecular complexity index is 1040. The molecule has 0 radical (unpaired) electrons. The van der Waals surface area contributed by atoms with E-state index in [-0.39, 0.29) is 18.8 Å². The van der Waals surface area contributed by atoms with Gasteiger partial charge in [0.15, 0.2) is 0 Å². The Morgan fingerprint density at radius 1 is 1.34 bits per heavy atom. The number of fused-ring (bicyclic) bond motifs is 1. The molecule has 6 heteroatoms. The van der Waals surface area contributed by atoms with Crippen molar-refractivity contribution >= 4 is 11.6 Å². The van der Waals surface area contributed by atoms with Crippen LogP contribution in [-0.2, 0) is 11.2 Å². The highest BCUT2D eigenvalue weighted by Crippen LogP contribution is 2.36. The third-order valence-corrected chi connectivity index (χ3v) is 5.45. The Morgan fingerprint density at radius 2 is 2.16 bits per heavy atom. The summed E-state index contributed by atoms with van der Waals surface area (Å²) in [5.41, 5.74) is 5.26. The minimum absolute atomic E-state index is 0.0228. The fraction of sp³-hybridized carbons (Fsp3) is 0.385. The van der Waals surface area contributed by atoms with E-state index in [1.54, 1.807) is 19.2 Å². The molecule has 1 aliphatic carbocycles. The van der Waals surface area contributed by atoms with Crippen LogP contribution in [0.5, 0.6) is 5.75 Å². The zero-order valence-electron chi connectivity index (χ0n) is 19.0. The Hall–Kier alpha value is -3.14. The van der Waals surface area contributed by atoms with Crippen molar-refractivity contribution in [1.82, 2.24) is 5.32 Å². The second kappa shape index (κ2) is 10.9. The van der Waals surface area contributed by atoms with Crippen molar-refractivity contribution in [3.05, 3.63) is 70.8 Å². The molecular weight excluding hydrogens is 402 g/mol. The van der Waals surface area contributed by atoms with Crippen molar-refractivity contribution in [3.63, 3.8) is 0 Å². The van der Waals surface area contributed by atoms with Crippen LogP contribution < -0.4 is 10.1 Å². The number of hydrogen-bond acceptors (Lipinski definition) is 6. The number of aliphatic hydroxyl groups is 1. The number of nitrogens with one attached hydrogen (secondary N) is 1. The van der Waals surface area contributed by atoms with Gasteiger partial charge < -0.3 is 19.9 Å². The lowest BCUT2D eigenvalue weighted by atomic mass is 10.0. The number of rotatable bonds is 9. The molecule has 3 rings (SSSR count). The summed E-state index contributed by atoms with van der Waals surface area (Å²) in [6.45, 7) is 9.03. The van der Waals surface area contributed by atoms with Gasteiger partial charge in [-0.3, -0.25) is 0 Å². The molecule has 2 aromatic carbocycles. The van der Waals surface area contributed by atoms with Gasteiger partial charge in [0.1, 0.15) is 11.8 Å². The Kier molecular flexibility index (Phi) is 8.04. The van der Waals surface area contributed by atoms with E-state index < -0.39 is 0 Å². The van der Waals surface area contributed by atoms with Crippen molar-refractivity contribution < 1.29 is 14.6 Å². The van der Waals surface area contributed by atoms with Crippen LogP contribution in [0, 0.1) is 11.3 Å². The molecule has 0 aliphatic heterocycles. The van der Waals surface area contributed by atoms with E-state index in [2.05, 4.69) is 29.0 Å². The maximum absolute atomic E-state index is 9.53. The third-order valence-electron chi connectivity index (χ3n) is 5.45. The van der Waals surface area contributed by atoms with E-state index in [4.69, 9.17) is 14.6 Å². The van der Waals surface area contributed by atoms with Crippen molar-refractivity contribution in [2.45, 2.75) is 45.3 Å². The van der Waals surface area contributed by atoms with Gasteiger partial charge in [0.2, 0.25) is 5.90 Å². The van der Waals surface area contributed by atoms with Crippen molar-refractivity contribution in [2.75, 3.05) is 20.3 Å². The highest BCUT2D eigenvalue weighted by atomic mass is 16.5. The van der Waals surface area contributed by atoms with E-state index >= 15 is 0 Å². The second-order valence-electron chi connectivity index (χ2n) is 8.05. The lowest BCUT2D eigenvalue weighted by Gasteiger charge is -2.15. The molecule has 2 N–H and O–H groups in total. The maximum atomic E-state index is 9.53. The first-order valence-corrected chi connectivity index (χ1v) is 11.0. The van der Waals surface area contributed by atoms with E-state index in [0.29, 0.717) is 28.5 Å². The van der Waals surface area contributed by atoms with Crippen LogP contribution in [-0.4, -0.2) is 37.4 Å². The summed E-state index contributed by atoms with van der Waals surface area (Å²) in [7, 11) is 1.56. The summed E-state index contributed by atoms with van der Waals surface area (Å²) in [6, 6.07) is 14.0. The smallest absolute Gasteiger partial charge is 0.221 e. The average molecular weight is 434 g/mol. The first-order chi connectivity index (χ1) is 15.5. The molecule has 168 valence electrons. The van der Waals surface area contributed by atoms with Crippen LogP contribution in [0.15, 0.2) is 48.0 Å². The number of hydrogen-bond donors (Lipinski definition) is 2. The van der Waals surface area contributed by atoms with Gasteiger partial charge in [-0.25, -0.2) is 4.99 Å². The van der Waals surface area contributed by atoms with Crippen molar-refractivity contribution in [1.29, 1.82) is 5.26 Å². The molecule has 0 amide bonds. The first-order valence-electron chi connectivity index (χ1n) is 11.0. The average Bonchev–Trinajstić information content (AvgIpc) is 3.20. The van der Waals surface area contributed by atoms with Crippen molar-refractivity contribution in [3.8, 4) is 11.8 Å². The van der Waals surface area contributed by atoms with Crippen LogP contribution in [0.1, 0.15) is 60.5 Å². The molecule has 0 heterocycles. The molecule has 0 saturated carbocycles. The Labute approximate surface area is 190 Å². The number of nitriles is 1. The zero-order valence-corrected chi connectivity index (χ0v) is 19.0. The minimum Gasteiger partial charge on any atom is -0.490 e. The van der Waals surface area contributed by atoms with Gasteiger partial charge >= 0.3 is 0 Å². The Morgan fingerprint density at radius 3 is 2.84 bits per heavy atom. The highest BCUT2D eigenvalue weighted by Gasteiger charge is 2.25. The molecule has 1 unspecified atom stereocenters. The van der Waals surface area contributed by atoms with E-state index in [0.717, 1.165) is 31.4 Å². The van der Waals surface area contributed by atoms with Crippen LogP contribution >= 0.6 is 0 Å². The molecule has 6 nitrogen and oxygen atoms in total. The first kappa shape index (κ1) is 23.5. The summed E-state index contributed by atoms with van der Waals surface area (Å²) in [5.74, 6) is 0.942. The van der Waals surface area contributed by atoms with Crippen LogP contribution in [0.4, 0.5) is 0 Å². The van der Waals surface area contributed by atoms with Crippen LogP contribution in [0.2, 0.25) is 0 Å². The monoisotopic (exact) mass is 433 g/mol. The number of ether oxygens (including phenoxy) is 2. The summed E-state index contributed by atoms with van der Waals surface area (Å²) >= 11 is 0. The number of aliphatic imine (C=N–C) groups is 1. The summed E-state index contributed by atoms with van der Waals surface area (Å²) in [5, 5.41) is 22.1. The molecule has 0 saturated heterocycles. The molecule has 0 aromatic heterocycles. The quantitative estimate of drug-likeness (QED) is 0.348. The molecule has 2 aromatic rings. The second-order valence-corrected chi connectivity index (χ2v) is 8.05. The minimum atomic E-state index is -0.0228. The van der Waals surface area contributed by atoms with E-state index in [1.165, 1.54) is 11.1 Å². The van der Waals surface area contributed by atoms with Crippen LogP contribution in [0.25, 0.3) is 5.70 Å². The molecule has 0 fully saturated rings. The number of benzene rings is 2. The number of methoxy groups -OCH3 is 1. The van der Waals surface area contributed by atoms with E-state index in [9.17, 15) is 5.26 Å². The molecule has 1 aliphatic rings. The zero-order chi connectivity index (χ0) is 23.1. The largest absolute Gasteiger partial charge is 0.490 e. The van der Waals surface area contributed by atoms with Gasteiger partial charge in [0, 0.05) is 23.8 Å². The summed E-state index contributed by atoms with van der Waals surface area (Å²) in [4.78, 5) is 4.68. The third kappa shape index (κ3) is 5.37. The predicted molar refractivity (Wildman–Crippen MR) is 127 cm³/mol. The summed E-state index contributed by atoms with van der Waals surface area (Å²) in [6.07, 6.45) is 2.67. The van der Waals surface area contributed by atoms with E-state index in [1.807, 2.05) is 32.0 Å². The number of aliphatic hydroxyl groups excluding tert-OH is 1. The van der Waals surface area contributed by atoms with Crippen molar-refractivity contribution in [2.24, 2.45) is 4.99 Å². The molecule has 1 atom stereocenters. The predicted octanol–water partition coefficient (Wildman–Crippen LogP) is 4.37. The van der Waals surface area contributed by atoms with Gasteiger partial charge in [0.05, 0.1) is 24.5 Å². The lowest BCUT2D eigenvalue weighted by Crippen LogP contribution is -2.21. The standard InChI is InChI=1S/C26H31N3O3/c1-17(2)32-25-12-9-19(15-20(25)16-27)26(31-4)29-18(3)21-7-5-8-23-22(21)10-11-24(23)28-13-6-14-30/h5,7-9,12,15,17,24,28,30H,3,6,10-11,13-14H2,1-2,4H3. The van der Waals surface area contributed by atoms with Gasteiger partial charge in [0.25, 0.3) is 0 Å². The lowest BCUT2D eigenvalue weighted by molar-refractivity contribution is 0.241. The van der Waals surface area contributed by atoms with Gasteiger partial charge in [-0.05, 0) is 69.0 Å². The maximum Gasteiger partial charge on any atom is 0.221 e. The molecular formula is C26H31N3O3. The van der Waals surface area contributed by atoms with Gasteiger partial charge in [-0.15, -0.1) is 0 Å². The summed E-state index contributed by atoms with van der Waals surface area (Å²) < 4.78 is 11.3.